The van der Waals surface area contributed by atoms with E-state index in [9.17, 15) is 9.59 Å². The molecule has 1 saturated heterocycles. The number of hydrogen-bond donors (Lipinski definition) is 1. The van der Waals surface area contributed by atoms with Gasteiger partial charge in [-0.05, 0) is 19.3 Å². The Morgan fingerprint density at radius 2 is 1.89 bits per heavy atom. The molecule has 0 aromatic rings. The van der Waals surface area contributed by atoms with E-state index in [1.54, 1.807) is 0 Å². The number of amides is 1. The van der Waals surface area contributed by atoms with Gasteiger partial charge >= 0.3 is 5.97 Å². The van der Waals surface area contributed by atoms with Gasteiger partial charge in [-0.15, -0.1) is 0 Å². The van der Waals surface area contributed by atoms with Gasteiger partial charge in [0.05, 0.1) is 19.1 Å². The van der Waals surface area contributed by atoms with Crippen molar-refractivity contribution in [2.45, 2.75) is 58.0 Å². The summed E-state index contributed by atoms with van der Waals surface area (Å²) in [6.45, 7) is 3.88. The van der Waals surface area contributed by atoms with Crippen molar-refractivity contribution in [3.8, 4) is 0 Å². The second-order valence-electron chi connectivity index (χ2n) is 5.05. The molecular formula is C14H25NO4. The summed E-state index contributed by atoms with van der Waals surface area (Å²) in [7, 11) is 0. The summed E-state index contributed by atoms with van der Waals surface area (Å²) in [5.41, 5.74) is 0. The number of carbonyl (C=O) groups is 2. The van der Waals surface area contributed by atoms with Gasteiger partial charge in [0.15, 0.2) is 0 Å². The highest BCUT2D eigenvalue weighted by atomic mass is 16.5. The molecule has 1 heterocycles. The molecule has 0 unspecified atom stereocenters. The highest BCUT2D eigenvalue weighted by Gasteiger charge is 2.22. The van der Waals surface area contributed by atoms with E-state index in [1.807, 2.05) is 4.90 Å². The van der Waals surface area contributed by atoms with Gasteiger partial charge in [-0.25, -0.2) is 0 Å². The number of carboxylic acid groups (broad SMARTS) is 1. The molecule has 19 heavy (non-hydrogen) atoms. The Bertz CT molecular complexity index is 285. The Kier molecular flexibility index (Phi) is 7.48. The third-order valence-electron chi connectivity index (χ3n) is 3.46. The van der Waals surface area contributed by atoms with Gasteiger partial charge < -0.3 is 14.7 Å². The molecule has 0 aromatic carbocycles. The van der Waals surface area contributed by atoms with E-state index in [0.29, 0.717) is 6.42 Å². The van der Waals surface area contributed by atoms with Gasteiger partial charge in [0.25, 0.3) is 0 Å². The van der Waals surface area contributed by atoms with Crippen LogP contribution in [0.4, 0.5) is 0 Å². The fourth-order valence-corrected chi connectivity index (χ4v) is 2.27. The predicted molar refractivity (Wildman–Crippen MR) is 71.9 cm³/mol. The van der Waals surface area contributed by atoms with Crippen LogP contribution in [0.15, 0.2) is 0 Å². The molecule has 0 aliphatic carbocycles. The quantitative estimate of drug-likeness (QED) is 0.686. The Labute approximate surface area is 114 Å². The second-order valence-corrected chi connectivity index (χ2v) is 5.05. The van der Waals surface area contributed by atoms with Crippen LogP contribution in [0.5, 0.6) is 0 Å². The van der Waals surface area contributed by atoms with Crippen molar-refractivity contribution in [1.82, 2.24) is 4.90 Å². The molecule has 0 atom stereocenters. The first-order valence-corrected chi connectivity index (χ1v) is 7.24. The van der Waals surface area contributed by atoms with Gasteiger partial charge in [0.2, 0.25) is 5.91 Å². The zero-order chi connectivity index (χ0) is 14.1. The first-order valence-electron chi connectivity index (χ1n) is 7.24. The second kappa shape index (κ2) is 8.91. The third-order valence-corrected chi connectivity index (χ3v) is 3.46. The summed E-state index contributed by atoms with van der Waals surface area (Å²) in [6.07, 6.45) is 5.67. The van der Waals surface area contributed by atoms with E-state index in [2.05, 4.69) is 6.92 Å². The van der Waals surface area contributed by atoms with Crippen LogP contribution in [0, 0.1) is 0 Å². The summed E-state index contributed by atoms with van der Waals surface area (Å²) in [5.74, 6) is -0.582. The third kappa shape index (κ3) is 6.57. The number of carbonyl (C=O) groups excluding carboxylic acids is 1. The summed E-state index contributed by atoms with van der Waals surface area (Å²) in [4.78, 5) is 24.2. The number of piperidine rings is 1. The SMILES string of the molecule is CCCCCC(=O)N1CCC(OCCC(=O)O)CC1. The summed E-state index contributed by atoms with van der Waals surface area (Å²) < 4.78 is 5.50. The molecule has 1 aliphatic heterocycles. The number of ether oxygens (including phenoxy) is 1. The van der Waals surface area contributed by atoms with E-state index < -0.39 is 5.97 Å². The van der Waals surface area contributed by atoms with Crippen molar-refractivity contribution in [2.24, 2.45) is 0 Å². The molecule has 1 aliphatic rings. The van der Waals surface area contributed by atoms with Crippen LogP contribution >= 0.6 is 0 Å². The fourth-order valence-electron chi connectivity index (χ4n) is 2.27. The normalized spacial score (nSPS) is 16.6. The fraction of sp³-hybridized carbons (Fsp3) is 0.857. The Balaban J connectivity index is 2.14. The maximum Gasteiger partial charge on any atom is 0.305 e. The van der Waals surface area contributed by atoms with Crippen molar-refractivity contribution >= 4 is 11.9 Å². The molecule has 1 rings (SSSR count). The zero-order valence-electron chi connectivity index (χ0n) is 11.8. The minimum atomic E-state index is -0.830. The lowest BCUT2D eigenvalue weighted by Crippen LogP contribution is -2.40. The molecule has 0 aromatic heterocycles. The maximum atomic E-state index is 11.9. The molecule has 1 amide bonds. The van der Waals surface area contributed by atoms with E-state index >= 15 is 0 Å². The van der Waals surface area contributed by atoms with Gasteiger partial charge in [-0.3, -0.25) is 9.59 Å². The van der Waals surface area contributed by atoms with E-state index in [4.69, 9.17) is 9.84 Å². The maximum absolute atomic E-state index is 11.9. The monoisotopic (exact) mass is 271 g/mol. The topological polar surface area (TPSA) is 66.8 Å². The number of unbranched alkanes of at least 4 members (excludes halogenated alkanes) is 2. The van der Waals surface area contributed by atoms with Gasteiger partial charge in [-0.2, -0.15) is 0 Å². The number of likely N-dealkylation sites (tertiary alicyclic amines) is 1. The molecule has 0 spiro atoms. The lowest BCUT2D eigenvalue weighted by atomic mass is 10.1. The lowest BCUT2D eigenvalue weighted by molar-refractivity contribution is -0.139. The number of rotatable bonds is 8. The largest absolute Gasteiger partial charge is 0.481 e. The number of hydrogen-bond acceptors (Lipinski definition) is 3. The van der Waals surface area contributed by atoms with Gasteiger partial charge in [-0.1, -0.05) is 19.8 Å². The smallest absolute Gasteiger partial charge is 0.305 e. The lowest BCUT2D eigenvalue weighted by Gasteiger charge is -2.32. The predicted octanol–water partition coefficient (Wildman–Crippen LogP) is 2.05. The summed E-state index contributed by atoms with van der Waals surface area (Å²) >= 11 is 0. The van der Waals surface area contributed by atoms with Gasteiger partial charge in [0, 0.05) is 19.5 Å². The molecule has 1 fully saturated rings. The molecule has 0 saturated carbocycles. The van der Waals surface area contributed by atoms with Crippen LogP contribution in [0.3, 0.4) is 0 Å². The highest BCUT2D eigenvalue weighted by molar-refractivity contribution is 5.76. The average molecular weight is 271 g/mol. The molecule has 0 bridgehead atoms. The van der Waals surface area contributed by atoms with E-state index in [-0.39, 0.29) is 25.0 Å². The van der Waals surface area contributed by atoms with Crippen molar-refractivity contribution in [3.63, 3.8) is 0 Å². The van der Waals surface area contributed by atoms with Crippen LogP contribution in [0.25, 0.3) is 0 Å². The summed E-state index contributed by atoms with van der Waals surface area (Å²) in [5, 5.41) is 8.53. The Morgan fingerprint density at radius 3 is 2.47 bits per heavy atom. The average Bonchev–Trinajstić information content (AvgIpc) is 2.39. The number of aliphatic carboxylic acids is 1. The number of carboxylic acids is 1. The Morgan fingerprint density at radius 1 is 1.21 bits per heavy atom. The standard InChI is InChI=1S/C14H25NO4/c1-2-3-4-5-13(16)15-9-6-12(7-10-15)19-11-8-14(17)18/h12H,2-11H2,1H3,(H,17,18). The minimum Gasteiger partial charge on any atom is -0.481 e. The van der Waals surface area contributed by atoms with Crippen molar-refractivity contribution in [3.05, 3.63) is 0 Å². The van der Waals surface area contributed by atoms with Gasteiger partial charge in [0.1, 0.15) is 0 Å². The highest BCUT2D eigenvalue weighted by Crippen LogP contribution is 2.15. The van der Waals surface area contributed by atoms with Crippen LogP contribution in [0.1, 0.15) is 51.9 Å². The van der Waals surface area contributed by atoms with Crippen LogP contribution in [0.2, 0.25) is 0 Å². The van der Waals surface area contributed by atoms with E-state index in [1.165, 1.54) is 0 Å². The van der Waals surface area contributed by atoms with Crippen LogP contribution in [-0.4, -0.2) is 47.7 Å². The molecular weight excluding hydrogens is 246 g/mol. The first kappa shape index (κ1) is 16.0. The zero-order valence-corrected chi connectivity index (χ0v) is 11.8. The first-order chi connectivity index (χ1) is 9.13. The molecule has 110 valence electrons. The van der Waals surface area contributed by atoms with Crippen molar-refractivity contribution < 1.29 is 19.4 Å². The number of nitrogens with zero attached hydrogens (tertiary/aromatic N) is 1. The van der Waals surface area contributed by atoms with Crippen LogP contribution in [-0.2, 0) is 14.3 Å². The molecule has 5 nitrogen and oxygen atoms in total. The van der Waals surface area contributed by atoms with E-state index in [0.717, 1.165) is 45.2 Å². The summed E-state index contributed by atoms with van der Waals surface area (Å²) in [6, 6.07) is 0. The minimum absolute atomic E-state index is 0.0517. The van der Waals surface area contributed by atoms with Crippen LogP contribution < -0.4 is 0 Å². The molecule has 0 radical (unpaired) electrons. The van der Waals surface area contributed by atoms with Crippen molar-refractivity contribution in [2.75, 3.05) is 19.7 Å². The molecule has 5 heteroatoms. The Hall–Kier alpha value is -1.10. The molecule has 1 N–H and O–H groups in total. The van der Waals surface area contributed by atoms with Crippen molar-refractivity contribution in [1.29, 1.82) is 0 Å².